The largest absolute Gasteiger partial charge is 0.456 e. The number of rotatable bonds is 7. The molecule has 0 aliphatic carbocycles. The Bertz CT molecular complexity index is 462. The lowest BCUT2D eigenvalue weighted by molar-refractivity contribution is 0.351. The van der Waals surface area contributed by atoms with Crippen molar-refractivity contribution in [2.75, 3.05) is 13.1 Å². The van der Waals surface area contributed by atoms with E-state index in [1.165, 1.54) is 12.1 Å². The molecule has 1 atom stereocenters. The van der Waals surface area contributed by atoms with Crippen LogP contribution in [-0.2, 0) is 9.13 Å². The van der Waals surface area contributed by atoms with Crippen molar-refractivity contribution in [2.24, 2.45) is 0 Å². The Labute approximate surface area is 104 Å². The molecule has 18 heavy (non-hydrogen) atoms. The molecule has 0 fully saturated rings. The van der Waals surface area contributed by atoms with Gasteiger partial charge < -0.3 is 19.2 Å². The van der Waals surface area contributed by atoms with E-state index in [0.717, 1.165) is 0 Å². The van der Waals surface area contributed by atoms with Crippen molar-refractivity contribution in [3.8, 4) is 5.75 Å². The third kappa shape index (κ3) is 6.88. The first kappa shape index (κ1) is 15.3. The van der Waals surface area contributed by atoms with Gasteiger partial charge in [-0.3, -0.25) is 0 Å². The summed E-state index contributed by atoms with van der Waals surface area (Å²) in [6.45, 7) is -0.307. The fourth-order valence-corrected chi connectivity index (χ4v) is 2.32. The normalized spacial score (nSPS) is 15.1. The second-order valence-electron chi connectivity index (χ2n) is 3.29. The minimum absolute atomic E-state index is 0.133. The van der Waals surface area contributed by atoms with E-state index in [9.17, 15) is 14.0 Å². The standard InChI is InChI=1S/C8H14N2O6P2/c11-17(12,13)9-6-7-10-18(14,15)16-8-4-2-1-3-5-8/h1-5H,6-7H2,(H2,10,14,15)(H3,9,11,12,13). The summed E-state index contributed by atoms with van der Waals surface area (Å²) in [6.07, 6.45) is 0. The smallest absolute Gasteiger partial charge is 0.413 e. The van der Waals surface area contributed by atoms with E-state index in [1.807, 2.05) is 5.09 Å². The van der Waals surface area contributed by atoms with Crippen LogP contribution >= 0.6 is 15.5 Å². The van der Waals surface area contributed by atoms with Crippen LogP contribution in [0.5, 0.6) is 5.75 Å². The fourth-order valence-electron chi connectivity index (χ4n) is 1.06. The quantitative estimate of drug-likeness (QED) is 0.362. The number of nitrogens with one attached hydrogen (secondary N) is 2. The molecule has 5 N–H and O–H groups in total. The van der Waals surface area contributed by atoms with Crippen molar-refractivity contribution < 1.29 is 28.3 Å². The number of benzene rings is 1. The molecule has 0 aliphatic rings. The van der Waals surface area contributed by atoms with E-state index in [0.29, 0.717) is 0 Å². The maximum absolute atomic E-state index is 11.5. The van der Waals surface area contributed by atoms with Crippen LogP contribution in [0.4, 0.5) is 0 Å². The van der Waals surface area contributed by atoms with Crippen molar-refractivity contribution in [1.82, 2.24) is 10.2 Å². The van der Waals surface area contributed by atoms with Crippen LogP contribution in [-0.4, -0.2) is 27.8 Å². The average Bonchev–Trinajstić information content (AvgIpc) is 2.24. The van der Waals surface area contributed by atoms with Gasteiger partial charge >= 0.3 is 15.5 Å². The van der Waals surface area contributed by atoms with Crippen LogP contribution in [0.15, 0.2) is 30.3 Å². The van der Waals surface area contributed by atoms with E-state index < -0.39 is 15.5 Å². The first-order valence-electron chi connectivity index (χ1n) is 4.92. The maximum Gasteiger partial charge on any atom is 0.456 e. The van der Waals surface area contributed by atoms with Crippen molar-refractivity contribution >= 4 is 15.5 Å². The van der Waals surface area contributed by atoms with Gasteiger partial charge in [-0.05, 0) is 12.1 Å². The van der Waals surface area contributed by atoms with Crippen LogP contribution in [0, 0.1) is 0 Å². The van der Waals surface area contributed by atoms with Crippen LogP contribution < -0.4 is 14.7 Å². The maximum atomic E-state index is 11.5. The van der Waals surface area contributed by atoms with Crippen molar-refractivity contribution in [3.63, 3.8) is 0 Å². The Balaban J connectivity index is 2.37. The predicted molar refractivity (Wildman–Crippen MR) is 64.9 cm³/mol. The molecule has 0 spiro atoms. The third-order valence-electron chi connectivity index (χ3n) is 1.73. The lowest BCUT2D eigenvalue weighted by Crippen LogP contribution is -2.25. The average molecular weight is 296 g/mol. The van der Waals surface area contributed by atoms with E-state index in [4.69, 9.17) is 14.3 Å². The van der Waals surface area contributed by atoms with Crippen molar-refractivity contribution in [1.29, 1.82) is 0 Å². The number of hydrogen-bond acceptors (Lipinski definition) is 3. The van der Waals surface area contributed by atoms with Gasteiger partial charge in [0.2, 0.25) is 0 Å². The lowest BCUT2D eigenvalue weighted by atomic mass is 10.3. The molecular formula is C8H14N2O6P2. The third-order valence-corrected chi connectivity index (χ3v) is 3.44. The molecule has 0 saturated carbocycles. The van der Waals surface area contributed by atoms with Gasteiger partial charge in [-0.15, -0.1) is 0 Å². The topological polar surface area (TPSA) is 128 Å². The van der Waals surface area contributed by atoms with E-state index in [-0.39, 0.29) is 18.8 Å². The van der Waals surface area contributed by atoms with Crippen LogP contribution in [0.25, 0.3) is 0 Å². The van der Waals surface area contributed by atoms with Gasteiger partial charge in [0.15, 0.2) is 0 Å². The van der Waals surface area contributed by atoms with E-state index in [2.05, 4.69) is 5.09 Å². The molecule has 0 aromatic heterocycles. The Morgan fingerprint density at radius 3 is 2.11 bits per heavy atom. The fraction of sp³-hybridized carbons (Fsp3) is 0.250. The summed E-state index contributed by atoms with van der Waals surface area (Å²) in [7, 11) is -8.36. The van der Waals surface area contributed by atoms with Gasteiger partial charge in [-0.25, -0.2) is 19.3 Å². The first-order chi connectivity index (χ1) is 8.29. The highest BCUT2D eigenvalue weighted by atomic mass is 31.2. The Morgan fingerprint density at radius 1 is 1.00 bits per heavy atom. The van der Waals surface area contributed by atoms with Gasteiger partial charge in [0.05, 0.1) is 0 Å². The van der Waals surface area contributed by atoms with Gasteiger partial charge in [0, 0.05) is 13.1 Å². The van der Waals surface area contributed by atoms with E-state index in [1.54, 1.807) is 18.2 Å². The molecule has 1 aromatic rings. The highest BCUT2D eigenvalue weighted by molar-refractivity contribution is 7.51. The zero-order valence-corrected chi connectivity index (χ0v) is 11.1. The summed E-state index contributed by atoms with van der Waals surface area (Å²) < 4.78 is 26.8. The Hall–Kier alpha value is -0.720. The zero-order valence-electron chi connectivity index (χ0n) is 9.26. The summed E-state index contributed by atoms with van der Waals surface area (Å²) >= 11 is 0. The lowest BCUT2D eigenvalue weighted by Gasteiger charge is -2.14. The van der Waals surface area contributed by atoms with Gasteiger partial charge in [0.25, 0.3) is 0 Å². The molecule has 10 heteroatoms. The Morgan fingerprint density at radius 2 is 1.56 bits per heavy atom. The van der Waals surface area contributed by atoms with Crippen LogP contribution in [0.1, 0.15) is 0 Å². The molecule has 0 amide bonds. The molecule has 0 bridgehead atoms. The summed E-state index contributed by atoms with van der Waals surface area (Å²) in [4.78, 5) is 26.4. The molecule has 0 aliphatic heterocycles. The van der Waals surface area contributed by atoms with Crippen LogP contribution in [0.3, 0.4) is 0 Å². The minimum atomic E-state index is -4.32. The predicted octanol–water partition coefficient (Wildman–Crippen LogP) is 0.438. The van der Waals surface area contributed by atoms with Gasteiger partial charge in [-0.1, -0.05) is 18.2 Å². The van der Waals surface area contributed by atoms with Crippen molar-refractivity contribution in [3.05, 3.63) is 30.3 Å². The monoisotopic (exact) mass is 296 g/mol. The SMILES string of the molecule is O=P(O)(O)NCCNP(=O)(O)Oc1ccccc1. The summed E-state index contributed by atoms with van der Waals surface area (Å²) in [5.74, 6) is 0.221. The molecule has 102 valence electrons. The first-order valence-corrected chi connectivity index (χ1v) is 8.11. The van der Waals surface area contributed by atoms with E-state index >= 15 is 0 Å². The molecule has 0 heterocycles. The van der Waals surface area contributed by atoms with Gasteiger partial charge in [0.1, 0.15) is 5.75 Å². The van der Waals surface area contributed by atoms with Gasteiger partial charge in [-0.2, -0.15) is 0 Å². The molecule has 1 aromatic carbocycles. The molecule has 0 radical (unpaired) electrons. The number of hydrogen-bond donors (Lipinski definition) is 5. The second kappa shape index (κ2) is 6.45. The molecule has 8 nitrogen and oxygen atoms in total. The highest BCUT2D eigenvalue weighted by Gasteiger charge is 2.20. The molecule has 1 rings (SSSR count). The number of para-hydroxylation sites is 1. The molecular weight excluding hydrogens is 282 g/mol. The minimum Gasteiger partial charge on any atom is -0.413 e. The zero-order chi connectivity index (χ0) is 13.6. The molecule has 1 unspecified atom stereocenters. The summed E-state index contributed by atoms with van der Waals surface area (Å²) in [5.41, 5.74) is 0. The summed E-state index contributed by atoms with van der Waals surface area (Å²) in [5, 5.41) is 4.04. The van der Waals surface area contributed by atoms with Crippen molar-refractivity contribution in [2.45, 2.75) is 0 Å². The summed E-state index contributed by atoms with van der Waals surface area (Å²) in [6, 6.07) is 8.04. The Kier molecular flexibility index (Phi) is 5.49. The van der Waals surface area contributed by atoms with Crippen LogP contribution in [0.2, 0.25) is 0 Å². The highest BCUT2D eigenvalue weighted by Crippen LogP contribution is 2.37. The second-order valence-corrected chi connectivity index (χ2v) is 6.23. The molecule has 0 saturated heterocycles.